The summed E-state index contributed by atoms with van der Waals surface area (Å²) in [5.74, 6) is 0.718. The van der Waals surface area contributed by atoms with Gasteiger partial charge < -0.3 is 4.42 Å². The number of furan rings is 1. The molecule has 1 aromatic rings. The largest absolute Gasteiger partial charge is 0.466 e. The summed E-state index contributed by atoms with van der Waals surface area (Å²) in [6, 6.07) is 1.65. The van der Waals surface area contributed by atoms with Gasteiger partial charge in [0, 0.05) is 6.42 Å². The molecule has 2 N–H and O–H groups in total. The first kappa shape index (κ1) is 16.3. The molecule has 0 aliphatic rings. The molecular formula is C15H24N2O3. The third-order valence-corrected chi connectivity index (χ3v) is 3.11. The van der Waals surface area contributed by atoms with Crippen LogP contribution in [0.15, 0.2) is 10.5 Å². The van der Waals surface area contributed by atoms with Crippen LogP contribution in [0.5, 0.6) is 0 Å². The molecule has 1 aromatic heterocycles. The Morgan fingerprint density at radius 3 is 2.40 bits per heavy atom. The molecule has 20 heavy (non-hydrogen) atoms. The van der Waals surface area contributed by atoms with Crippen LogP contribution in [0.4, 0.5) is 0 Å². The van der Waals surface area contributed by atoms with E-state index < -0.39 is 0 Å². The molecule has 0 saturated carbocycles. The topological polar surface area (TPSA) is 71.3 Å². The van der Waals surface area contributed by atoms with Gasteiger partial charge in [-0.1, -0.05) is 32.6 Å². The standard InChI is InChI=1S/C15H24N2O3/c1-4-5-6-7-8-9-14(18)16-17-15(19)13-10-11(2)20-12(13)3/h10H,4-9H2,1-3H3,(H,16,18)(H,17,19). The zero-order valence-corrected chi connectivity index (χ0v) is 12.5. The number of carbonyl (C=O) groups excluding carboxylic acids is 2. The van der Waals surface area contributed by atoms with Crippen molar-refractivity contribution in [2.75, 3.05) is 0 Å². The fraction of sp³-hybridized carbons (Fsp3) is 0.600. The number of nitrogens with one attached hydrogen (secondary N) is 2. The van der Waals surface area contributed by atoms with Crippen LogP contribution >= 0.6 is 0 Å². The Labute approximate surface area is 120 Å². The van der Waals surface area contributed by atoms with Gasteiger partial charge in [-0.05, 0) is 26.3 Å². The molecule has 5 nitrogen and oxygen atoms in total. The number of aryl methyl sites for hydroxylation is 2. The molecule has 2 amide bonds. The van der Waals surface area contributed by atoms with E-state index in [1.54, 1.807) is 19.9 Å². The Kier molecular flexibility index (Phi) is 6.84. The van der Waals surface area contributed by atoms with Crippen molar-refractivity contribution in [3.8, 4) is 0 Å². The van der Waals surface area contributed by atoms with Crippen LogP contribution in [0.1, 0.15) is 67.3 Å². The average Bonchev–Trinajstić information content (AvgIpc) is 2.75. The van der Waals surface area contributed by atoms with E-state index in [0.717, 1.165) is 19.3 Å². The predicted octanol–water partition coefficient (Wildman–Crippen LogP) is 3.02. The summed E-state index contributed by atoms with van der Waals surface area (Å²) in [6.07, 6.45) is 5.89. The van der Waals surface area contributed by atoms with Crippen molar-refractivity contribution in [3.63, 3.8) is 0 Å². The Balaban J connectivity index is 2.24. The molecule has 112 valence electrons. The van der Waals surface area contributed by atoms with Crippen molar-refractivity contribution in [2.45, 2.75) is 59.3 Å². The van der Waals surface area contributed by atoms with Crippen LogP contribution in [0.3, 0.4) is 0 Å². The first-order valence-corrected chi connectivity index (χ1v) is 7.20. The maximum absolute atomic E-state index is 11.8. The third-order valence-electron chi connectivity index (χ3n) is 3.11. The highest BCUT2D eigenvalue weighted by Crippen LogP contribution is 2.12. The number of hydrazine groups is 1. The Bertz CT molecular complexity index is 452. The first-order chi connectivity index (χ1) is 9.54. The van der Waals surface area contributed by atoms with Gasteiger partial charge in [0.1, 0.15) is 11.5 Å². The van der Waals surface area contributed by atoms with Crippen LogP contribution < -0.4 is 10.9 Å². The van der Waals surface area contributed by atoms with E-state index in [9.17, 15) is 9.59 Å². The Morgan fingerprint density at radius 1 is 1.10 bits per heavy atom. The number of amides is 2. The molecule has 0 spiro atoms. The van der Waals surface area contributed by atoms with E-state index in [1.165, 1.54) is 12.8 Å². The third kappa shape index (κ3) is 5.47. The van der Waals surface area contributed by atoms with E-state index in [1.807, 2.05) is 0 Å². The minimum absolute atomic E-state index is 0.160. The fourth-order valence-electron chi connectivity index (χ4n) is 2.00. The second kappa shape index (κ2) is 8.40. The lowest BCUT2D eigenvalue weighted by Gasteiger charge is -2.06. The molecule has 1 rings (SSSR count). The normalized spacial score (nSPS) is 10.3. The minimum Gasteiger partial charge on any atom is -0.466 e. The van der Waals surface area contributed by atoms with Gasteiger partial charge in [0.15, 0.2) is 0 Å². The molecule has 0 unspecified atom stereocenters. The molecule has 0 aliphatic carbocycles. The maximum atomic E-state index is 11.8. The number of hydrogen-bond donors (Lipinski definition) is 2. The number of rotatable bonds is 7. The van der Waals surface area contributed by atoms with E-state index in [-0.39, 0.29) is 11.8 Å². The lowest BCUT2D eigenvalue weighted by molar-refractivity contribution is -0.122. The van der Waals surface area contributed by atoms with Gasteiger partial charge in [0.05, 0.1) is 5.56 Å². The fourth-order valence-corrected chi connectivity index (χ4v) is 2.00. The van der Waals surface area contributed by atoms with E-state index in [4.69, 9.17) is 4.42 Å². The number of carbonyl (C=O) groups is 2. The van der Waals surface area contributed by atoms with Gasteiger partial charge in [0.2, 0.25) is 5.91 Å². The van der Waals surface area contributed by atoms with Crippen LogP contribution in [-0.2, 0) is 4.79 Å². The Morgan fingerprint density at radius 2 is 1.80 bits per heavy atom. The van der Waals surface area contributed by atoms with Gasteiger partial charge in [-0.2, -0.15) is 0 Å². The SMILES string of the molecule is CCCCCCCC(=O)NNC(=O)c1cc(C)oc1C. The number of hydrogen-bond acceptors (Lipinski definition) is 3. The molecule has 0 fully saturated rings. The highest BCUT2D eigenvalue weighted by molar-refractivity contribution is 5.96. The Hall–Kier alpha value is -1.78. The van der Waals surface area contributed by atoms with E-state index in [0.29, 0.717) is 23.5 Å². The second-order valence-corrected chi connectivity index (χ2v) is 4.99. The van der Waals surface area contributed by atoms with Crippen LogP contribution in [-0.4, -0.2) is 11.8 Å². The van der Waals surface area contributed by atoms with Gasteiger partial charge >= 0.3 is 0 Å². The van der Waals surface area contributed by atoms with E-state index in [2.05, 4.69) is 17.8 Å². The van der Waals surface area contributed by atoms with Gasteiger partial charge in [-0.3, -0.25) is 20.4 Å². The molecule has 0 aliphatic heterocycles. The average molecular weight is 280 g/mol. The highest BCUT2D eigenvalue weighted by Gasteiger charge is 2.13. The van der Waals surface area contributed by atoms with Gasteiger partial charge in [-0.25, -0.2) is 0 Å². The molecular weight excluding hydrogens is 256 g/mol. The molecule has 0 saturated heterocycles. The molecule has 1 heterocycles. The summed E-state index contributed by atoms with van der Waals surface area (Å²) in [7, 11) is 0. The van der Waals surface area contributed by atoms with Crippen molar-refractivity contribution in [1.29, 1.82) is 0 Å². The minimum atomic E-state index is -0.348. The van der Waals surface area contributed by atoms with Crippen molar-refractivity contribution in [1.82, 2.24) is 10.9 Å². The molecule has 0 radical (unpaired) electrons. The highest BCUT2D eigenvalue weighted by atomic mass is 16.3. The quantitative estimate of drug-likeness (QED) is 0.595. The zero-order valence-electron chi connectivity index (χ0n) is 12.5. The molecule has 0 aromatic carbocycles. The van der Waals surface area contributed by atoms with Crippen molar-refractivity contribution in [2.24, 2.45) is 0 Å². The summed E-state index contributed by atoms with van der Waals surface area (Å²) >= 11 is 0. The van der Waals surface area contributed by atoms with E-state index >= 15 is 0 Å². The van der Waals surface area contributed by atoms with Gasteiger partial charge in [0.25, 0.3) is 5.91 Å². The first-order valence-electron chi connectivity index (χ1n) is 7.20. The van der Waals surface area contributed by atoms with Crippen LogP contribution in [0.25, 0.3) is 0 Å². The molecule has 5 heteroatoms. The number of unbranched alkanes of at least 4 members (excludes halogenated alkanes) is 4. The monoisotopic (exact) mass is 280 g/mol. The summed E-state index contributed by atoms with van der Waals surface area (Å²) in [5.41, 5.74) is 5.28. The van der Waals surface area contributed by atoms with Crippen LogP contribution in [0.2, 0.25) is 0 Å². The molecule has 0 bridgehead atoms. The summed E-state index contributed by atoms with van der Waals surface area (Å²) in [4.78, 5) is 23.4. The summed E-state index contributed by atoms with van der Waals surface area (Å²) < 4.78 is 5.27. The second-order valence-electron chi connectivity index (χ2n) is 4.99. The van der Waals surface area contributed by atoms with Gasteiger partial charge in [-0.15, -0.1) is 0 Å². The molecule has 0 atom stereocenters. The maximum Gasteiger partial charge on any atom is 0.273 e. The van der Waals surface area contributed by atoms with Crippen molar-refractivity contribution < 1.29 is 14.0 Å². The lowest BCUT2D eigenvalue weighted by Crippen LogP contribution is -2.41. The van der Waals surface area contributed by atoms with Crippen molar-refractivity contribution in [3.05, 3.63) is 23.2 Å². The smallest absolute Gasteiger partial charge is 0.273 e. The predicted molar refractivity (Wildman–Crippen MR) is 77.2 cm³/mol. The van der Waals surface area contributed by atoms with Crippen LogP contribution in [0, 0.1) is 13.8 Å². The zero-order chi connectivity index (χ0) is 15.0. The summed E-state index contributed by atoms with van der Waals surface area (Å²) in [5, 5.41) is 0. The summed E-state index contributed by atoms with van der Waals surface area (Å²) in [6.45, 7) is 5.65. The lowest BCUT2D eigenvalue weighted by atomic mass is 10.1. The van der Waals surface area contributed by atoms with Crippen molar-refractivity contribution >= 4 is 11.8 Å².